The largest absolute Gasteiger partial charge is 0.480 e. The molecule has 13 heteroatoms. The number of carbonyl (C=O) groups is 3. The van der Waals surface area contributed by atoms with E-state index in [1.54, 1.807) is 0 Å². The number of carbonyl (C=O) groups excluding carboxylic acids is 2. The van der Waals surface area contributed by atoms with Crippen LogP contribution in [0.5, 0.6) is 0 Å². The fourth-order valence-corrected chi connectivity index (χ4v) is 2.78. The molecule has 0 radical (unpaired) electrons. The molecule has 0 aliphatic heterocycles. The number of nitrogens with zero attached hydrogens (tertiary/aromatic N) is 2. The summed E-state index contributed by atoms with van der Waals surface area (Å²) < 4.78 is 0. The number of rotatable bonds is 15. The molecule has 0 aliphatic rings. The summed E-state index contributed by atoms with van der Waals surface area (Å²) in [6, 6.07) is -3.01. The van der Waals surface area contributed by atoms with Crippen LogP contribution in [0.1, 0.15) is 37.8 Å². The standard InChI is InChI=1S/C18H33N9O4/c19-6-2-1-5-13(17(30)31)26-16(29)14(8-11-9-23-10-25-11)27-15(28)12(20)4-3-7-24-18(21)22/h9-10,12-14H,1-8,19-20H2,(H,23,25)(H,26,29)(H,27,28)(H,30,31)(H4,21,22,24). The van der Waals surface area contributed by atoms with Gasteiger partial charge in [-0.2, -0.15) is 0 Å². The van der Waals surface area contributed by atoms with Crippen molar-refractivity contribution in [2.24, 2.45) is 27.9 Å². The summed E-state index contributed by atoms with van der Waals surface area (Å²) >= 11 is 0. The molecule has 12 N–H and O–H groups in total. The molecule has 0 aliphatic carbocycles. The molecule has 31 heavy (non-hydrogen) atoms. The second-order valence-electron chi connectivity index (χ2n) is 7.08. The highest BCUT2D eigenvalue weighted by atomic mass is 16.4. The maximum Gasteiger partial charge on any atom is 0.326 e. The highest BCUT2D eigenvalue weighted by molar-refractivity contribution is 5.91. The lowest BCUT2D eigenvalue weighted by Gasteiger charge is -2.22. The third-order valence-electron chi connectivity index (χ3n) is 4.48. The summed E-state index contributed by atoms with van der Waals surface area (Å²) in [7, 11) is 0. The van der Waals surface area contributed by atoms with Gasteiger partial charge in [0.05, 0.1) is 12.4 Å². The Bertz CT molecular complexity index is 720. The molecule has 0 saturated heterocycles. The molecule has 1 rings (SSSR count). The van der Waals surface area contributed by atoms with Gasteiger partial charge in [-0.1, -0.05) is 0 Å². The second-order valence-corrected chi connectivity index (χ2v) is 7.08. The number of guanidine groups is 1. The Morgan fingerprint density at radius 1 is 1.10 bits per heavy atom. The highest BCUT2D eigenvalue weighted by Crippen LogP contribution is 2.05. The second kappa shape index (κ2) is 13.9. The molecule has 1 heterocycles. The molecule has 0 aromatic carbocycles. The number of nitrogens with two attached hydrogens (primary N) is 4. The minimum Gasteiger partial charge on any atom is -0.480 e. The van der Waals surface area contributed by atoms with E-state index >= 15 is 0 Å². The van der Waals surface area contributed by atoms with E-state index < -0.39 is 35.9 Å². The van der Waals surface area contributed by atoms with E-state index in [9.17, 15) is 19.5 Å². The lowest BCUT2D eigenvalue weighted by Crippen LogP contribution is -2.55. The van der Waals surface area contributed by atoms with Crippen LogP contribution in [0.4, 0.5) is 0 Å². The predicted octanol–water partition coefficient (Wildman–Crippen LogP) is -2.48. The first-order valence-corrected chi connectivity index (χ1v) is 10.1. The van der Waals surface area contributed by atoms with Gasteiger partial charge in [0.2, 0.25) is 11.8 Å². The summed E-state index contributed by atoms with van der Waals surface area (Å²) in [5.41, 5.74) is 22.4. The number of unbranched alkanes of at least 4 members (excludes halogenated alkanes) is 1. The smallest absolute Gasteiger partial charge is 0.326 e. The molecule has 3 unspecified atom stereocenters. The topological polar surface area (TPSA) is 241 Å². The number of aliphatic imine (C=N–C) groups is 1. The number of hydrogen-bond donors (Lipinski definition) is 8. The predicted molar refractivity (Wildman–Crippen MR) is 115 cm³/mol. The van der Waals surface area contributed by atoms with Gasteiger partial charge < -0.3 is 43.7 Å². The Balaban J connectivity index is 2.76. The molecule has 0 spiro atoms. The van der Waals surface area contributed by atoms with Gasteiger partial charge in [-0.05, 0) is 38.6 Å². The van der Waals surface area contributed by atoms with Crippen molar-refractivity contribution in [3.63, 3.8) is 0 Å². The lowest BCUT2D eigenvalue weighted by atomic mass is 10.1. The first-order chi connectivity index (χ1) is 14.7. The van der Waals surface area contributed by atoms with Crippen LogP contribution in [0.3, 0.4) is 0 Å². The first kappa shape index (κ1) is 25.8. The molecule has 174 valence electrons. The van der Waals surface area contributed by atoms with Crippen LogP contribution in [0.15, 0.2) is 17.5 Å². The average molecular weight is 440 g/mol. The van der Waals surface area contributed by atoms with Crippen molar-refractivity contribution >= 4 is 23.7 Å². The van der Waals surface area contributed by atoms with Crippen molar-refractivity contribution in [3.05, 3.63) is 18.2 Å². The zero-order chi connectivity index (χ0) is 23.2. The average Bonchev–Trinajstić information content (AvgIpc) is 3.22. The molecule has 1 aromatic heterocycles. The van der Waals surface area contributed by atoms with Crippen molar-refractivity contribution in [2.45, 2.75) is 56.7 Å². The van der Waals surface area contributed by atoms with Crippen molar-refractivity contribution < 1.29 is 19.5 Å². The van der Waals surface area contributed by atoms with Gasteiger partial charge in [-0.3, -0.25) is 14.6 Å². The quantitative estimate of drug-likeness (QED) is 0.0817. The molecule has 0 saturated carbocycles. The van der Waals surface area contributed by atoms with Gasteiger partial charge in [0, 0.05) is 24.9 Å². The Morgan fingerprint density at radius 3 is 2.39 bits per heavy atom. The van der Waals surface area contributed by atoms with Gasteiger partial charge in [0.1, 0.15) is 12.1 Å². The van der Waals surface area contributed by atoms with E-state index in [-0.39, 0.29) is 18.8 Å². The number of carboxylic acid groups (broad SMARTS) is 1. The van der Waals surface area contributed by atoms with E-state index in [0.29, 0.717) is 44.5 Å². The van der Waals surface area contributed by atoms with E-state index in [1.165, 1.54) is 12.5 Å². The third kappa shape index (κ3) is 10.4. The number of H-pyrrole nitrogens is 1. The Kier molecular flexibility index (Phi) is 11.6. The number of carboxylic acids is 1. The number of aromatic nitrogens is 2. The van der Waals surface area contributed by atoms with E-state index in [0.717, 1.165) is 0 Å². The number of nitrogens with one attached hydrogen (secondary N) is 3. The van der Waals surface area contributed by atoms with Crippen LogP contribution >= 0.6 is 0 Å². The maximum absolute atomic E-state index is 12.8. The van der Waals surface area contributed by atoms with E-state index in [2.05, 4.69) is 25.6 Å². The molecule has 2 amide bonds. The van der Waals surface area contributed by atoms with Gasteiger partial charge >= 0.3 is 5.97 Å². The molecule has 1 aromatic rings. The number of aromatic amines is 1. The summed E-state index contributed by atoms with van der Waals surface area (Å²) in [6.45, 7) is 0.754. The Hall–Kier alpha value is -3.19. The number of imidazole rings is 1. The molecule has 13 nitrogen and oxygen atoms in total. The third-order valence-corrected chi connectivity index (χ3v) is 4.48. The molecular weight excluding hydrogens is 406 g/mol. The summed E-state index contributed by atoms with van der Waals surface area (Å²) in [5, 5.41) is 14.5. The Labute approximate surface area is 180 Å². The van der Waals surface area contributed by atoms with Gasteiger partial charge in [0.15, 0.2) is 5.96 Å². The van der Waals surface area contributed by atoms with Crippen molar-refractivity contribution in [3.8, 4) is 0 Å². The zero-order valence-corrected chi connectivity index (χ0v) is 17.4. The van der Waals surface area contributed by atoms with Crippen LogP contribution in [-0.4, -0.2) is 70.0 Å². The molecule has 0 bridgehead atoms. The molecule has 0 fully saturated rings. The van der Waals surface area contributed by atoms with E-state index in [1.807, 2.05) is 0 Å². The Morgan fingerprint density at radius 2 is 1.81 bits per heavy atom. The van der Waals surface area contributed by atoms with Crippen LogP contribution < -0.4 is 33.6 Å². The van der Waals surface area contributed by atoms with Crippen molar-refractivity contribution in [1.29, 1.82) is 0 Å². The summed E-state index contributed by atoms with van der Waals surface area (Å²) in [4.78, 5) is 47.3. The fourth-order valence-electron chi connectivity index (χ4n) is 2.78. The molecule has 3 atom stereocenters. The minimum absolute atomic E-state index is 0.0474. The van der Waals surface area contributed by atoms with Crippen molar-refractivity contribution in [1.82, 2.24) is 20.6 Å². The minimum atomic E-state index is -1.16. The van der Waals surface area contributed by atoms with Crippen LogP contribution in [0.25, 0.3) is 0 Å². The summed E-state index contributed by atoms with van der Waals surface area (Å²) in [5.74, 6) is -2.38. The first-order valence-electron chi connectivity index (χ1n) is 10.1. The molecular formula is C18H33N9O4. The maximum atomic E-state index is 12.8. The number of hydrogen-bond acceptors (Lipinski definition) is 7. The normalized spacial score (nSPS) is 13.6. The van der Waals surface area contributed by atoms with E-state index in [4.69, 9.17) is 22.9 Å². The van der Waals surface area contributed by atoms with Gasteiger partial charge in [0.25, 0.3) is 0 Å². The van der Waals surface area contributed by atoms with Crippen LogP contribution in [0, 0.1) is 0 Å². The van der Waals surface area contributed by atoms with Crippen molar-refractivity contribution in [2.75, 3.05) is 13.1 Å². The fraction of sp³-hybridized carbons (Fsp3) is 0.611. The monoisotopic (exact) mass is 439 g/mol. The highest BCUT2D eigenvalue weighted by Gasteiger charge is 2.28. The van der Waals surface area contributed by atoms with Crippen LogP contribution in [-0.2, 0) is 20.8 Å². The number of aliphatic carboxylic acids is 1. The summed E-state index contributed by atoms with van der Waals surface area (Å²) in [6.07, 6.45) is 5.24. The zero-order valence-electron chi connectivity index (χ0n) is 17.4. The SMILES string of the molecule is NCCCCC(NC(=O)C(Cc1cnc[nH]1)NC(=O)C(N)CCCN=C(N)N)C(=O)O. The lowest BCUT2D eigenvalue weighted by molar-refractivity contribution is -0.142. The van der Waals surface area contributed by atoms with Gasteiger partial charge in [-0.25, -0.2) is 9.78 Å². The number of amides is 2. The van der Waals surface area contributed by atoms with Gasteiger partial charge in [-0.15, -0.1) is 0 Å². The van der Waals surface area contributed by atoms with Crippen LogP contribution in [0.2, 0.25) is 0 Å².